The first-order chi connectivity index (χ1) is 25.0. The van der Waals surface area contributed by atoms with Gasteiger partial charge in [0.1, 0.15) is 6.04 Å². The van der Waals surface area contributed by atoms with Gasteiger partial charge in [0, 0.05) is 25.4 Å². The van der Waals surface area contributed by atoms with Gasteiger partial charge in [-0.2, -0.15) is 0 Å². The Labute approximate surface area is 335 Å². The first kappa shape index (κ1) is 45.1. The lowest BCUT2D eigenvalue weighted by atomic mass is 9.95. The van der Waals surface area contributed by atoms with Crippen molar-refractivity contribution in [1.82, 2.24) is 10.6 Å². The summed E-state index contributed by atoms with van der Waals surface area (Å²) < 4.78 is 0. The molecule has 5 nitrogen and oxygen atoms in total. The van der Waals surface area contributed by atoms with Crippen molar-refractivity contribution in [3.63, 3.8) is 0 Å². The van der Waals surface area contributed by atoms with Crippen LogP contribution in [0.1, 0.15) is 135 Å². The summed E-state index contributed by atoms with van der Waals surface area (Å²) in [5, 5.41) is 13.3. The van der Waals surface area contributed by atoms with Crippen LogP contribution in [0.5, 0.6) is 0 Å². The van der Waals surface area contributed by atoms with Crippen molar-refractivity contribution in [2.45, 2.75) is 154 Å². The Morgan fingerprint density at radius 2 is 1.28 bits per heavy atom. The zero-order valence-electron chi connectivity index (χ0n) is 33.0. The highest BCUT2D eigenvalue weighted by atomic mass is 35.5. The monoisotopic (exact) mass is 781 g/mol. The molecule has 2 fully saturated rings. The Hall–Kier alpha value is -2.33. The number of guanidine groups is 1. The molecule has 294 valence electrons. The summed E-state index contributed by atoms with van der Waals surface area (Å²) in [5.74, 6) is 0.810. The number of benzene rings is 3. The maximum atomic E-state index is 14.3. The van der Waals surface area contributed by atoms with Gasteiger partial charge in [0.05, 0.1) is 30.7 Å². The first-order valence-corrected chi connectivity index (χ1v) is 23.4. The number of aliphatic imine (C=N–C) groups is 1. The molecule has 3 N–H and O–H groups in total. The number of fused-ring (bicyclic) bond motifs is 1. The molecule has 3 aromatic carbocycles. The maximum absolute atomic E-state index is 14.3. The fourth-order valence-corrected chi connectivity index (χ4v) is 13.4. The molecule has 5 rings (SSSR count). The lowest BCUT2D eigenvalue weighted by molar-refractivity contribution is -0.117. The second-order valence-corrected chi connectivity index (χ2v) is 20.1. The molecule has 2 saturated carbocycles. The highest BCUT2D eigenvalue weighted by molar-refractivity contribution is 7.75. The summed E-state index contributed by atoms with van der Waals surface area (Å²) in [6, 6.07) is 24.2. The molecule has 0 unspecified atom stereocenters. The summed E-state index contributed by atoms with van der Waals surface area (Å²) in [6.07, 6.45) is 26.2. The van der Waals surface area contributed by atoms with E-state index in [0.717, 1.165) is 42.9 Å². The molecule has 0 spiro atoms. The first-order valence-electron chi connectivity index (χ1n) is 20.8. The Balaban J connectivity index is 0.00000378. The predicted octanol–water partition coefficient (Wildman–Crippen LogP) is 5.52. The van der Waals surface area contributed by atoms with Crippen LogP contribution in [-0.2, 0) is 17.4 Å². The van der Waals surface area contributed by atoms with E-state index >= 15 is 0 Å². The molecule has 0 radical (unpaired) electrons. The summed E-state index contributed by atoms with van der Waals surface area (Å²) in [5.41, 5.74) is 3.46. The van der Waals surface area contributed by atoms with Gasteiger partial charge in [0.2, 0.25) is 5.91 Å². The second-order valence-electron chi connectivity index (χ2n) is 15.7. The van der Waals surface area contributed by atoms with Crippen LogP contribution in [0.2, 0.25) is 0 Å². The van der Waals surface area contributed by atoms with E-state index in [0.29, 0.717) is 18.5 Å². The summed E-state index contributed by atoms with van der Waals surface area (Å²) in [4.78, 5) is 19.6. The van der Waals surface area contributed by atoms with Crippen molar-refractivity contribution in [3.05, 3.63) is 77.9 Å². The molecular weight excluding hydrogens is 714 g/mol. The van der Waals surface area contributed by atoms with Gasteiger partial charge in [0.15, 0.2) is 5.96 Å². The Morgan fingerprint density at radius 3 is 1.89 bits per heavy atom. The minimum atomic E-state index is -1.05. The third kappa shape index (κ3) is 14.7. The number of amides is 1. The van der Waals surface area contributed by atoms with E-state index in [1.165, 1.54) is 118 Å². The van der Waals surface area contributed by atoms with Crippen LogP contribution in [0.4, 0.5) is 5.69 Å². The van der Waals surface area contributed by atoms with Crippen LogP contribution in [0, 0.1) is 0 Å². The molecule has 0 heterocycles. The third-order valence-corrected chi connectivity index (χ3v) is 16.2. The summed E-state index contributed by atoms with van der Waals surface area (Å²) in [6.45, 7) is 7.01. The van der Waals surface area contributed by atoms with Gasteiger partial charge >= 0.3 is 0 Å². The van der Waals surface area contributed by atoms with Crippen molar-refractivity contribution in [3.8, 4) is 0 Å². The maximum Gasteiger partial charge on any atom is 0.247 e. The molecule has 53 heavy (non-hydrogen) atoms. The van der Waals surface area contributed by atoms with E-state index in [4.69, 9.17) is 4.99 Å². The molecular formula is C45H68Cl2N4OP-. The SMILES string of the molecule is CCCC[P+](CCCC)(CCCC)Cc1ccc(NC(=O)[C@@H](Cc2ccc3ccccc3c2)NC(=NC2CCCCC2)NC2CCCCC2)cc1.[Cl-].[Cl-]. The lowest BCUT2D eigenvalue weighted by Crippen LogP contribution is -3.00. The minimum Gasteiger partial charge on any atom is -1.00 e. The molecule has 0 bridgehead atoms. The Morgan fingerprint density at radius 1 is 0.717 bits per heavy atom. The van der Waals surface area contributed by atoms with E-state index in [1.54, 1.807) is 0 Å². The van der Waals surface area contributed by atoms with Crippen LogP contribution >= 0.6 is 7.26 Å². The van der Waals surface area contributed by atoms with Gasteiger partial charge in [0.25, 0.3) is 0 Å². The molecule has 8 heteroatoms. The van der Waals surface area contributed by atoms with Gasteiger partial charge in [-0.15, -0.1) is 0 Å². The number of carbonyl (C=O) groups is 1. The Kier molecular flexibility index (Phi) is 20.6. The lowest BCUT2D eigenvalue weighted by Gasteiger charge is -2.29. The molecule has 3 aromatic rings. The average Bonchev–Trinajstić information content (AvgIpc) is 3.16. The number of anilines is 1. The summed E-state index contributed by atoms with van der Waals surface area (Å²) >= 11 is 0. The molecule has 0 saturated heterocycles. The van der Waals surface area contributed by atoms with E-state index in [-0.39, 0.29) is 30.7 Å². The van der Waals surface area contributed by atoms with E-state index < -0.39 is 13.3 Å². The highest BCUT2D eigenvalue weighted by Crippen LogP contribution is 2.63. The number of hydrogen-bond acceptors (Lipinski definition) is 2. The third-order valence-electron chi connectivity index (χ3n) is 11.4. The Bertz CT molecular complexity index is 1480. The van der Waals surface area contributed by atoms with Gasteiger partial charge < -0.3 is 40.8 Å². The standard InChI is InChI=1S/C45H67N4OP.2ClH/c1-4-7-30-51(31-8-5-2,32-9-6-3)35-36-25-28-42(29-26-36)46-44(50)43(34-37-24-27-38-18-16-17-19-39(38)33-37)49-45(47-40-20-12-10-13-21-40)48-41-22-14-11-15-23-41;;/h16-19,24-29,33,40-41,43H,4-15,20-23,30-32,34-35H2,1-3H3,(H2-,46,47,48,49,50);2*1H/p-1/t43-;;/m1../s1. The molecule has 2 aliphatic carbocycles. The molecule has 0 aliphatic heterocycles. The zero-order chi connectivity index (χ0) is 35.7. The van der Waals surface area contributed by atoms with Crippen molar-refractivity contribution >= 4 is 35.6 Å². The average molecular weight is 783 g/mol. The van der Waals surface area contributed by atoms with E-state index in [1.807, 2.05) is 0 Å². The molecule has 2 aliphatic rings. The number of hydrogen-bond donors (Lipinski definition) is 3. The second kappa shape index (κ2) is 24.2. The number of nitrogens with one attached hydrogen (secondary N) is 3. The van der Waals surface area contributed by atoms with Crippen molar-refractivity contribution in [2.75, 3.05) is 23.8 Å². The number of rotatable bonds is 18. The van der Waals surface area contributed by atoms with Crippen molar-refractivity contribution in [2.24, 2.45) is 4.99 Å². The predicted molar refractivity (Wildman–Crippen MR) is 224 cm³/mol. The molecule has 1 amide bonds. The van der Waals surface area contributed by atoms with E-state index in [2.05, 4.69) is 103 Å². The number of carbonyl (C=O) groups excluding carboxylic acids is 1. The van der Waals surface area contributed by atoms with Gasteiger partial charge in [-0.05, 0) is 79.0 Å². The van der Waals surface area contributed by atoms with Gasteiger partial charge in [-0.25, -0.2) is 4.99 Å². The van der Waals surface area contributed by atoms with Crippen LogP contribution in [0.25, 0.3) is 10.8 Å². The molecule has 0 aromatic heterocycles. The smallest absolute Gasteiger partial charge is 0.247 e. The topological polar surface area (TPSA) is 65.5 Å². The largest absolute Gasteiger partial charge is 1.00 e. The van der Waals surface area contributed by atoms with Crippen LogP contribution in [0.15, 0.2) is 71.7 Å². The van der Waals surface area contributed by atoms with E-state index in [9.17, 15) is 4.79 Å². The number of nitrogens with zero attached hydrogens (tertiary/aromatic N) is 1. The van der Waals surface area contributed by atoms with Crippen molar-refractivity contribution in [1.29, 1.82) is 0 Å². The summed E-state index contributed by atoms with van der Waals surface area (Å²) in [7, 11) is -1.05. The van der Waals surface area contributed by atoms with Crippen molar-refractivity contribution < 1.29 is 29.6 Å². The fourth-order valence-electron chi connectivity index (χ4n) is 8.29. The molecule has 1 atom stereocenters. The number of unbranched alkanes of at least 4 members (excludes halogenated alkanes) is 3. The minimum absolute atomic E-state index is 0. The zero-order valence-corrected chi connectivity index (χ0v) is 35.4. The van der Waals surface area contributed by atoms with Crippen LogP contribution in [0.3, 0.4) is 0 Å². The fraction of sp³-hybridized carbons (Fsp3) is 0.600. The van der Waals surface area contributed by atoms with Crippen LogP contribution < -0.4 is 40.8 Å². The van der Waals surface area contributed by atoms with Gasteiger partial charge in [-0.1, -0.05) is 133 Å². The highest BCUT2D eigenvalue weighted by Gasteiger charge is 2.35. The quantitative estimate of drug-likeness (QED) is 0.0907. The normalized spacial score (nSPS) is 16.3. The number of halogens is 2. The van der Waals surface area contributed by atoms with Crippen LogP contribution in [-0.4, -0.2) is 48.5 Å². The van der Waals surface area contributed by atoms with Gasteiger partial charge in [-0.3, -0.25) is 4.79 Å².